The highest BCUT2D eigenvalue weighted by atomic mass is 15.2. The van der Waals surface area contributed by atoms with Gasteiger partial charge in [0.25, 0.3) is 0 Å². The van der Waals surface area contributed by atoms with Crippen molar-refractivity contribution in [3.05, 3.63) is 36.4 Å². The Hall–Kier alpha value is -1.28. The molecule has 1 aromatic rings. The van der Waals surface area contributed by atoms with E-state index < -0.39 is 0 Å². The molecule has 0 atom stereocenters. The van der Waals surface area contributed by atoms with Crippen molar-refractivity contribution < 1.29 is 0 Å². The average molecular weight is 202 g/mol. The van der Waals surface area contributed by atoms with Crippen LogP contribution in [0.1, 0.15) is 5.56 Å². The Kier molecular flexibility index (Phi) is 3.07. The van der Waals surface area contributed by atoms with Gasteiger partial charge >= 0.3 is 0 Å². The highest BCUT2D eigenvalue weighted by molar-refractivity contribution is 5.57. The molecule has 80 valence electrons. The van der Waals surface area contributed by atoms with E-state index >= 15 is 0 Å². The third-order valence-electron chi connectivity index (χ3n) is 2.97. The quantitative estimate of drug-likeness (QED) is 0.724. The van der Waals surface area contributed by atoms with E-state index in [0.717, 1.165) is 26.2 Å². The Bertz CT molecular complexity index is 338. The van der Waals surface area contributed by atoms with Crippen LogP contribution in [0.15, 0.2) is 30.8 Å². The number of piperazine rings is 1. The van der Waals surface area contributed by atoms with Gasteiger partial charge in [0, 0.05) is 31.9 Å². The molecule has 1 heterocycles. The molecular formula is C13H18N2. The van der Waals surface area contributed by atoms with E-state index in [1.807, 2.05) is 6.08 Å². The molecule has 0 N–H and O–H groups in total. The highest BCUT2D eigenvalue weighted by Gasteiger charge is 2.13. The maximum absolute atomic E-state index is 3.80. The van der Waals surface area contributed by atoms with Crippen LogP contribution >= 0.6 is 0 Å². The van der Waals surface area contributed by atoms with Gasteiger partial charge in [-0.2, -0.15) is 0 Å². The topological polar surface area (TPSA) is 6.48 Å². The minimum absolute atomic E-state index is 1.12. The van der Waals surface area contributed by atoms with Gasteiger partial charge in [-0.25, -0.2) is 0 Å². The largest absolute Gasteiger partial charge is 0.369 e. The second-order valence-electron chi connectivity index (χ2n) is 4.09. The molecule has 0 bridgehead atoms. The molecule has 2 heteroatoms. The first-order chi connectivity index (χ1) is 7.29. The zero-order valence-electron chi connectivity index (χ0n) is 9.32. The van der Waals surface area contributed by atoms with Gasteiger partial charge in [0.15, 0.2) is 0 Å². The lowest BCUT2D eigenvalue weighted by Gasteiger charge is -2.34. The predicted molar refractivity (Wildman–Crippen MR) is 66.2 cm³/mol. The van der Waals surface area contributed by atoms with Crippen LogP contribution < -0.4 is 4.90 Å². The maximum atomic E-state index is 3.80. The van der Waals surface area contributed by atoms with Gasteiger partial charge in [0.2, 0.25) is 0 Å². The smallest absolute Gasteiger partial charge is 0.0373 e. The van der Waals surface area contributed by atoms with Crippen LogP contribution in [0.5, 0.6) is 0 Å². The molecule has 2 nitrogen and oxygen atoms in total. The number of likely N-dealkylation sites (N-methyl/N-ethyl adjacent to an activating group) is 1. The fourth-order valence-electron chi connectivity index (χ4n) is 1.91. The molecule has 0 radical (unpaired) electrons. The van der Waals surface area contributed by atoms with Crippen LogP contribution in [-0.4, -0.2) is 38.1 Å². The number of hydrogen-bond acceptors (Lipinski definition) is 2. The molecule has 1 fully saturated rings. The second-order valence-corrected chi connectivity index (χ2v) is 4.09. The Balaban J connectivity index is 2.11. The van der Waals surface area contributed by atoms with E-state index in [-0.39, 0.29) is 0 Å². The molecule has 0 unspecified atom stereocenters. The van der Waals surface area contributed by atoms with Gasteiger partial charge in [0.1, 0.15) is 0 Å². The SMILES string of the molecule is C=Cc1cccc(N2CCN(C)CC2)c1. The lowest BCUT2D eigenvalue weighted by molar-refractivity contribution is 0.313. The van der Waals surface area contributed by atoms with E-state index in [1.165, 1.54) is 11.3 Å². The van der Waals surface area contributed by atoms with Gasteiger partial charge in [-0.3, -0.25) is 0 Å². The minimum atomic E-state index is 1.12. The van der Waals surface area contributed by atoms with Crippen molar-refractivity contribution in [3.8, 4) is 0 Å². The van der Waals surface area contributed by atoms with E-state index in [1.54, 1.807) is 0 Å². The molecule has 0 saturated carbocycles. The zero-order chi connectivity index (χ0) is 10.7. The maximum Gasteiger partial charge on any atom is 0.0373 e. The summed E-state index contributed by atoms with van der Waals surface area (Å²) in [5, 5.41) is 0. The summed E-state index contributed by atoms with van der Waals surface area (Å²) in [4.78, 5) is 4.81. The third kappa shape index (κ3) is 2.39. The Morgan fingerprint density at radius 1 is 1.20 bits per heavy atom. The fraction of sp³-hybridized carbons (Fsp3) is 0.385. The summed E-state index contributed by atoms with van der Waals surface area (Å²) in [7, 11) is 2.18. The number of benzene rings is 1. The van der Waals surface area contributed by atoms with E-state index in [0.29, 0.717) is 0 Å². The monoisotopic (exact) mass is 202 g/mol. The molecule has 2 rings (SSSR count). The van der Waals surface area contributed by atoms with Crippen LogP contribution in [0.2, 0.25) is 0 Å². The van der Waals surface area contributed by atoms with E-state index in [2.05, 4.69) is 47.7 Å². The van der Waals surface area contributed by atoms with Crippen molar-refractivity contribution in [2.45, 2.75) is 0 Å². The van der Waals surface area contributed by atoms with Crippen LogP contribution in [0.3, 0.4) is 0 Å². The molecule has 1 aliphatic rings. The second kappa shape index (κ2) is 4.49. The first-order valence-corrected chi connectivity index (χ1v) is 5.45. The van der Waals surface area contributed by atoms with Crippen LogP contribution in [0.25, 0.3) is 6.08 Å². The minimum Gasteiger partial charge on any atom is -0.369 e. The molecule has 15 heavy (non-hydrogen) atoms. The van der Waals surface area contributed by atoms with Gasteiger partial charge in [-0.05, 0) is 24.7 Å². The molecular weight excluding hydrogens is 184 g/mol. The van der Waals surface area contributed by atoms with Gasteiger partial charge in [-0.15, -0.1) is 0 Å². The average Bonchev–Trinajstić information content (AvgIpc) is 2.30. The molecule has 0 aliphatic carbocycles. The molecule has 0 amide bonds. The lowest BCUT2D eigenvalue weighted by atomic mass is 10.1. The van der Waals surface area contributed by atoms with Crippen molar-refractivity contribution in [3.63, 3.8) is 0 Å². The van der Waals surface area contributed by atoms with Crippen LogP contribution in [-0.2, 0) is 0 Å². The normalized spacial score (nSPS) is 17.8. The van der Waals surface area contributed by atoms with Crippen molar-refractivity contribution in [1.29, 1.82) is 0 Å². The Morgan fingerprint density at radius 3 is 2.60 bits per heavy atom. The highest BCUT2D eigenvalue weighted by Crippen LogP contribution is 2.18. The number of rotatable bonds is 2. The summed E-state index contributed by atoms with van der Waals surface area (Å²) in [6, 6.07) is 8.58. The molecule has 0 aromatic heterocycles. The molecule has 1 aromatic carbocycles. The zero-order valence-corrected chi connectivity index (χ0v) is 9.32. The number of anilines is 1. The summed E-state index contributed by atoms with van der Waals surface area (Å²) in [6.07, 6.45) is 1.90. The predicted octanol–water partition coefficient (Wildman–Crippen LogP) is 2.08. The first kappa shape index (κ1) is 10.2. The summed E-state index contributed by atoms with van der Waals surface area (Å²) in [6.45, 7) is 8.35. The third-order valence-corrected chi connectivity index (χ3v) is 2.97. The van der Waals surface area contributed by atoms with E-state index in [4.69, 9.17) is 0 Å². The number of hydrogen-bond donors (Lipinski definition) is 0. The van der Waals surface area contributed by atoms with E-state index in [9.17, 15) is 0 Å². The van der Waals surface area contributed by atoms with Gasteiger partial charge in [0.05, 0.1) is 0 Å². The molecule has 0 spiro atoms. The fourth-order valence-corrected chi connectivity index (χ4v) is 1.91. The summed E-state index contributed by atoms with van der Waals surface area (Å²) >= 11 is 0. The van der Waals surface area contributed by atoms with Gasteiger partial charge < -0.3 is 9.80 Å². The summed E-state index contributed by atoms with van der Waals surface area (Å²) < 4.78 is 0. The molecule has 1 saturated heterocycles. The number of nitrogens with zero attached hydrogens (tertiary/aromatic N) is 2. The lowest BCUT2D eigenvalue weighted by Crippen LogP contribution is -2.44. The Labute approximate surface area is 91.8 Å². The van der Waals surface area contributed by atoms with Crippen molar-refractivity contribution >= 4 is 11.8 Å². The van der Waals surface area contributed by atoms with Crippen molar-refractivity contribution in [2.75, 3.05) is 38.1 Å². The van der Waals surface area contributed by atoms with Crippen LogP contribution in [0.4, 0.5) is 5.69 Å². The molecule has 1 aliphatic heterocycles. The Morgan fingerprint density at radius 2 is 1.93 bits per heavy atom. The first-order valence-electron chi connectivity index (χ1n) is 5.45. The van der Waals surface area contributed by atoms with Gasteiger partial charge in [-0.1, -0.05) is 24.8 Å². The van der Waals surface area contributed by atoms with Crippen molar-refractivity contribution in [1.82, 2.24) is 4.90 Å². The van der Waals surface area contributed by atoms with Crippen molar-refractivity contribution in [2.24, 2.45) is 0 Å². The van der Waals surface area contributed by atoms with Crippen LogP contribution in [0, 0.1) is 0 Å². The summed E-state index contributed by atoms with van der Waals surface area (Å²) in [5.74, 6) is 0. The summed E-state index contributed by atoms with van der Waals surface area (Å²) in [5.41, 5.74) is 2.52. The standard InChI is InChI=1S/C13H18N2/c1-3-12-5-4-6-13(11-12)15-9-7-14(2)8-10-15/h3-6,11H,1,7-10H2,2H3.